The van der Waals surface area contributed by atoms with Gasteiger partial charge in [-0.15, -0.1) is 6.58 Å². The zero-order valence-corrected chi connectivity index (χ0v) is 10.8. The summed E-state index contributed by atoms with van der Waals surface area (Å²) in [5.41, 5.74) is 2.58. The summed E-state index contributed by atoms with van der Waals surface area (Å²) in [5, 5.41) is 3.70. The Morgan fingerprint density at radius 1 is 1.24 bits per heavy atom. The minimum atomic E-state index is 0.629. The lowest BCUT2D eigenvalue weighted by molar-refractivity contribution is 0.328. The van der Waals surface area contributed by atoms with Crippen molar-refractivity contribution in [3.8, 4) is 0 Å². The van der Waals surface area contributed by atoms with Gasteiger partial charge in [0.1, 0.15) is 0 Å². The highest BCUT2D eigenvalue weighted by molar-refractivity contribution is 5.45. The molecule has 1 aliphatic carbocycles. The fourth-order valence-corrected chi connectivity index (χ4v) is 2.76. The van der Waals surface area contributed by atoms with Crippen molar-refractivity contribution < 1.29 is 0 Å². The van der Waals surface area contributed by atoms with E-state index in [1.807, 2.05) is 0 Å². The molecule has 2 atom stereocenters. The normalized spacial score (nSPS) is 24.3. The molecule has 1 aliphatic rings. The van der Waals surface area contributed by atoms with Crippen molar-refractivity contribution in [3.05, 3.63) is 42.5 Å². The van der Waals surface area contributed by atoms with Gasteiger partial charge in [-0.25, -0.2) is 0 Å². The zero-order valence-electron chi connectivity index (χ0n) is 10.8. The standard InChI is InChI=1S/C16H23N/c1-3-6-14-7-4-5-8-16(14)17-15-11-9-13(2)10-12-15/h3,9-12,14,16-17H,1,4-8H2,2H3/t14-,16+/m0/s1. The molecule has 0 aromatic heterocycles. The molecular weight excluding hydrogens is 206 g/mol. The Kier molecular flexibility index (Phi) is 4.24. The second-order valence-corrected chi connectivity index (χ2v) is 5.19. The van der Waals surface area contributed by atoms with Gasteiger partial charge in [0.2, 0.25) is 0 Å². The number of nitrogens with one attached hydrogen (secondary N) is 1. The summed E-state index contributed by atoms with van der Waals surface area (Å²) in [6.07, 6.45) is 8.59. The molecule has 1 N–H and O–H groups in total. The third-order valence-corrected chi connectivity index (χ3v) is 3.78. The lowest BCUT2D eigenvalue weighted by atomic mass is 9.82. The Hall–Kier alpha value is -1.24. The van der Waals surface area contributed by atoms with E-state index < -0.39 is 0 Å². The Labute approximate surface area is 105 Å². The van der Waals surface area contributed by atoms with Crippen LogP contribution >= 0.6 is 0 Å². The molecular formula is C16H23N. The fourth-order valence-electron chi connectivity index (χ4n) is 2.76. The van der Waals surface area contributed by atoms with Crippen molar-refractivity contribution in [1.29, 1.82) is 0 Å². The van der Waals surface area contributed by atoms with Crippen LogP contribution in [-0.2, 0) is 0 Å². The highest BCUT2D eigenvalue weighted by atomic mass is 14.9. The van der Waals surface area contributed by atoms with Crippen LogP contribution < -0.4 is 5.32 Å². The summed E-state index contributed by atoms with van der Waals surface area (Å²) in [5.74, 6) is 0.766. The number of benzene rings is 1. The summed E-state index contributed by atoms with van der Waals surface area (Å²) in [7, 11) is 0. The molecule has 0 radical (unpaired) electrons. The van der Waals surface area contributed by atoms with Crippen molar-refractivity contribution in [2.24, 2.45) is 5.92 Å². The van der Waals surface area contributed by atoms with Gasteiger partial charge in [0, 0.05) is 11.7 Å². The highest BCUT2D eigenvalue weighted by Crippen LogP contribution is 2.29. The molecule has 1 heteroatoms. The third-order valence-electron chi connectivity index (χ3n) is 3.78. The number of aryl methyl sites for hydroxylation is 1. The molecule has 1 nitrogen and oxygen atoms in total. The van der Waals surface area contributed by atoms with Crippen LogP contribution in [0, 0.1) is 12.8 Å². The maximum atomic E-state index is 3.88. The van der Waals surface area contributed by atoms with E-state index in [4.69, 9.17) is 0 Å². The van der Waals surface area contributed by atoms with E-state index in [2.05, 4.69) is 49.2 Å². The summed E-state index contributed by atoms with van der Waals surface area (Å²) in [6, 6.07) is 9.36. The van der Waals surface area contributed by atoms with Crippen molar-refractivity contribution in [2.75, 3.05) is 5.32 Å². The van der Waals surface area contributed by atoms with Crippen LogP contribution in [0.25, 0.3) is 0 Å². The van der Waals surface area contributed by atoms with Crippen LogP contribution in [-0.4, -0.2) is 6.04 Å². The Morgan fingerprint density at radius 2 is 1.94 bits per heavy atom. The Morgan fingerprint density at radius 3 is 2.65 bits per heavy atom. The monoisotopic (exact) mass is 229 g/mol. The topological polar surface area (TPSA) is 12.0 Å². The number of hydrogen-bond acceptors (Lipinski definition) is 1. The average molecular weight is 229 g/mol. The molecule has 0 amide bonds. The van der Waals surface area contributed by atoms with Crippen LogP contribution in [0.1, 0.15) is 37.7 Å². The molecule has 1 fully saturated rings. The minimum Gasteiger partial charge on any atom is -0.382 e. The first kappa shape index (κ1) is 12.2. The van der Waals surface area contributed by atoms with Crippen LogP contribution in [0.15, 0.2) is 36.9 Å². The van der Waals surface area contributed by atoms with Gasteiger partial charge in [-0.2, -0.15) is 0 Å². The summed E-state index contributed by atoms with van der Waals surface area (Å²) < 4.78 is 0. The largest absolute Gasteiger partial charge is 0.382 e. The molecule has 1 saturated carbocycles. The summed E-state index contributed by atoms with van der Waals surface area (Å²) in [6.45, 7) is 6.01. The van der Waals surface area contributed by atoms with Gasteiger partial charge in [-0.1, -0.05) is 36.6 Å². The molecule has 0 saturated heterocycles. The van der Waals surface area contributed by atoms with Crippen molar-refractivity contribution in [1.82, 2.24) is 0 Å². The molecule has 92 valence electrons. The predicted molar refractivity (Wildman–Crippen MR) is 75.4 cm³/mol. The Balaban J connectivity index is 1.99. The molecule has 17 heavy (non-hydrogen) atoms. The molecule has 0 spiro atoms. The Bertz CT molecular complexity index is 352. The average Bonchev–Trinajstić information content (AvgIpc) is 2.35. The van der Waals surface area contributed by atoms with Crippen molar-refractivity contribution >= 4 is 5.69 Å². The lowest BCUT2D eigenvalue weighted by Gasteiger charge is -2.32. The second-order valence-electron chi connectivity index (χ2n) is 5.19. The number of anilines is 1. The highest BCUT2D eigenvalue weighted by Gasteiger charge is 2.23. The van der Waals surface area contributed by atoms with Crippen LogP contribution in [0.3, 0.4) is 0 Å². The van der Waals surface area contributed by atoms with E-state index in [0.29, 0.717) is 6.04 Å². The first-order valence-electron chi connectivity index (χ1n) is 6.73. The number of rotatable bonds is 4. The second kappa shape index (κ2) is 5.90. The van der Waals surface area contributed by atoms with Gasteiger partial charge >= 0.3 is 0 Å². The van der Waals surface area contributed by atoms with Crippen molar-refractivity contribution in [2.45, 2.75) is 45.1 Å². The smallest absolute Gasteiger partial charge is 0.0342 e. The number of allylic oxidation sites excluding steroid dienone is 1. The molecule has 0 unspecified atom stereocenters. The molecule has 0 aliphatic heterocycles. The van der Waals surface area contributed by atoms with Crippen LogP contribution in [0.2, 0.25) is 0 Å². The summed E-state index contributed by atoms with van der Waals surface area (Å²) in [4.78, 5) is 0. The third kappa shape index (κ3) is 3.36. The van der Waals surface area contributed by atoms with E-state index in [9.17, 15) is 0 Å². The molecule has 1 aromatic rings. The van der Waals surface area contributed by atoms with Gasteiger partial charge in [-0.3, -0.25) is 0 Å². The van der Waals surface area contributed by atoms with Gasteiger partial charge in [0.15, 0.2) is 0 Å². The quantitative estimate of drug-likeness (QED) is 0.747. The van der Waals surface area contributed by atoms with Crippen molar-refractivity contribution in [3.63, 3.8) is 0 Å². The predicted octanol–water partition coefficient (Wildman–Crippen LogP) is 4.54. The molecule has 0 bridgehead atoms. The van der Waals surface area contributed by atoms with Crippen LogP contribution in [0.5, 0.6) is 0 Å². The van der Waals surface area contributed by atoms with E-state index >= 15 is 0 Å². The molecule has 0 heterocycles. The minimum absolute atomic E-state index is 0.629. The summed E-state index contributed by atoms with van der Waals surface area (Å²) >= 11 is 0. The van der Waals surface area contributed by atoms with E-state index in [1.54, 1.807) is 0 Å². The van der Waals surface area contributed by atoms with Crippen LogP contribution in [0.4, 0.5) is 5.69 Å². The molecule has 2 rings (SSSR count). The fraction of sp³-hybridized carbons (Fsp3) is 0.500. The SMILES string of the molecule is C=CC[C@H]1CCCC[C@H]1Nc1ccc(C)cc1. The maximum Gasteiger partial charge on any atom is 0.0342 e. The first-order chi connectivity index (χ1) is 8.29. The maximum absolute atomic E-state index is 3.88. The van der Waals surface area contributed by atoms with E-state index in [0.717, 1.165) is 12.3 Å². The van der Waals surface area contributed by atoms with Gasteiger partial charge in [0.05, 0.1) is 0 Å². The van der Waals surface area contributed by atoms with E-state index in [1.165, 1.54) is 36.9 Å². The van der Waals surface area contributed by atoms with Gasteiger partial charge in [0.25, 0.3) is 0 Å². The van der Waals surface area contributed by atoms with Gasteiger partial charge < -0.3 is 5.32 Å². The first-order valence-corrected chi connectivity index (χ1v) is 6.73. The van der Waals surface area contributed by atoms with E-state index in [-0.39, 0.29) is 0 Å². The number of hydrogen-bond donors (Lipinski definition) is 1. The lowest BCUT2D eigenvalue weighted by Crippen LogP contribution is -2.31. The zero-order chi connectivity index (χ0) is 12.1. The molecule has 1 aromatic carbocycles. The van der Waals surface area contributed by atoms with Gasteiger partial charge in [-0.05, 0) is 44.2 Å².